The molecule has 1 aromatic heterocycles. The summed E-state index contributed by atoms with van der Waals surface area (Å²) in [5.41, 5.74) is 9.28. The highest BCUT2D eigenvalue weighted by Gasteiger charge is 2.07. The largest absolute Gasteiger partial charge is 0.397 e. The summed E-state index contributed by atoms with van der Waals surface area (Å²) in [5, 5.41) is 0. The van der Waals surface area contributed by atoms with Crippen LogP contribution in [0.3, 0.4) is 0 Å². The topological polar surface area (TPSA) is 42.2 Å². The molecule has 3 heteroatoms. The number of likely N-dealkylation sites (N-methyl/N-ethyl adjacent to an activating group) is 1. The molecule has 0 aliphatic carbocycles. The smallest absolute Gasteiger partial charge is 0.0599 e. The fourth-order valence-corrected chi connectivity index (χ4v) is 2.04. The molecule has 0 saturated heterocycles. The highest BCUT2D eigenvalue weighted by Crippen LogP contribution is 2.22. The fourth-order valence-electron chi connectivity index (χ4n) is 2.04. The van der Waals surface area contributed by atoms with Gasteiger partial charge in [-0.1, -0.05) is 12.1 Å². The maximum atomic E-state index is 6.01. The Labute approximate surface area is 108 Å². The van der Waals surface area contributed by atoms with Gasteiger partial charge in [0.25, 0.3) is 0 Å². The minimum absolute atomic E-state index is 0.842. The highest BCUT2D eigenvalue weighted by atomic mass is 15.1. The van der Waals surface area contributed by atoms with Gasteiger partial charge < -0.3 is 10.6 Å². The zero-order chi connectivity index (χ0) is 12.8. The maximum absolute atomic E-state index is 6.01. The van der Waals surface area contributed by atoms with Crippen LogP contribution in [0.4, 0.5) is 11.4 Å². The lowest BCUT2D eigenvalue weighted by molar-refractivity contribution is 0.809. The van der Waals surface area contributed by atoms with Crippen molar-refractivity contribution >= 4 is 11.4 Å². The number of hydrogen-bond donors (Lipinski definition) is 1. The molecule has 1 aromatic carbocycles. The van der Waals surface area contributed by atoms with Gasteiger partial charge in [0.1, 0.15) is 0 Å². The van der Waals surface area contributed by atoms with Crippen molar-refractivity contribution in [2.75, 3.05) is 23.7 Å². The predicted molar refractivity (Wildman–Crippen MR) is 76.7 cm³/mol. The molecule has 0 amide bonds. The lowest BCUT2D eigenvalue weighted by Crippen LogP contribution is -2.26. The molecule has 2 aromatic rings. The summed E-state index contributed by atoms with van der Waals surface area (Å²) in [5.74, 6) is 0. The number of para-hydroxylation sites is 2. The second-order valence-corrected chi connectivity index (χ2v) is 4.24. The molecule has 0 radical (unpaired) electrons. The van der Waals surface area contributed by atoms with Crippen molar-refractivity contribution in [2.45, 2.75) is 13.3 Å². The maximum Gasteiger partial charge on any atom is 0.0599 e. The van der Waals surface area contributed by atoms with Crippen LogP contribution in [0.15, 0.2) is 48.8 Å². The van der Waals surface area contributed by atoms with Gasteiger partial charge in [-0.05, 0) is 43.2 Å². The Hall–Kier alpha value is -2.03. The van der Waals surface area contributed by atoms with E-state index >= 15 is 0 Å². The van der Waals surface area contributed by atoms with Gasteiger partial charge in [0.2, 0.25) is 0 Å². The summed E-state index contributed by atoms with van der Waals surface area (Å²) in [6.07, 6.45) is 4.68. The van der Waals surface area contributed by atoms with E-state index in [1.807, 2.05) is 30.6 Å². The molecular weight excluding hydrogens is 222 g/mol. The van der Waals surface area contributed by atoms with Gasteiger partial charge in [0, 0.05) is 25.5 Å². The molecule has 94 valence electrons. The van der Waals surface area contributed by atoms with Crippen LogP contribution >= 0.6 is 0 Å². The van der Waals surface area contributed by atoms with E-state index < -0.39 is 0 Å². The van der Waals surface area contributed by atoms with E-state index in [0.29, 0.717) is 0 Å². The van der Waals surface area contributed by atoms with Crippen molar-refractivity contribution in [3.05, 3.63) is 54.4 Å². The van der Waals surface area contributed by atoms with Gasteiger partial charge >= 0.3 is 0 Å². The van der Waals surface area contributed by atoms with E-state index in [-0.39, 0.29) is 0 Å². The lowest BCUT2D eigenvalue weighted by Gasteiger charge is -2.24. The third-order valence-electron chi connectivity index (χ3n) is 3.08. The molecule has 0 fully saturated rings. The van der Waals surface area contributed by atoms with Crippen LogP contribution in [0.1, 0.15) is 12.5 Å². The summed E-state index contributed by atoms with van der Waals surface area (Å²) in [6, 6.07) is 12.1. The number of pyridine rings is 1. The Morgan fingerprint density at radius 2 is 1.83 bits per heavy atom. The summed E-state index contributed by atoms with van der Waals surface area (Å²) < 4.78 is 0. The van der Waals surface area contributed by atoms with E-state index in [0.717, 1.165) is 30.9 Å². The van der Waals surface area contributed by atoms with Crippen LogP contribution in [-0.4, -0.2) is 18.1 Å². The molecule has 0 aliphatic heterocycles. The molecule has 2 rings (SSSR count). The Kier molecular flexibility index (Phi) is 4.18. The first kappa shape index (κ1) is 12.4. The Morgan fingerprint density at radius 3 is 2.50 bits per heavy atom. The molecule has 1 heterocycles. The van der Waals surface area contributed by atoms with Gasteiger partial charge in [-0.2, -0.15) is 0 Å². The predicted octanol–water partition coefficient (Wildman–Crippen LogP) is 2.73. The van der Waals surface area contributed by atoms with Crippen LogP contribution in [0.2, 0.25) is 0 Å². The Morgan fingerprint density at radius 1 is 1.11 bits per heavy atom. The van der Waals surface area contributed by atoms with Gasteiger partial charge in [-0.25, -0.2) is 0 Å². The SMILES string of the molecule is CCN(CCc1ccncc1)c1ccccc1N. The number of anilines is 2. The molecule has 0 aliphatic rings. The number of benzene rings is 1. The van der Waals surface area contributed by atoms with Crippen LogP contribution in [-0.2, 0) is 6.42 Å². The normalized spacial score (nSPS) is 10.3. The number of rotatable bonds is 5. The molecule has 0 unspecified atom stereocenters. The number of nitrogen functional groups attached to an aromatic ring is 1. The summed E-state index contributed by atoms with van der Waals surface area (Å²) in [7, 11) is 0. The van der Waals surface area contributed by atoms with Crippen LogP contribution in [0.25, 0.3) is 0 Å². The first-order chi connectivity index (χ1) is 8.81. The lowest BCUT2D eigenvalue weighted by atomic mass is 10.1. The van der Waals surface area contributed by atoms with Crippen LogP contribution < -0.4 is 10.6 Å². The molecule has 18 heavy (non-hydrogen) atoms. The highest BCUT2D eigenvalue weighted by molar-refractivity contribution is 5.67. The van der Waals surface area contributed by atoms with E-state index in [1.54, 1.807) is 0 Å². The van der Waals surface area contributed by atoms with Gasteiger partial charge in [0.15, 0.2) is 0 Å². The first-order valence-corrected chi connectivity index (χ1v) is 6.29. The summed E-state index contributed by atoms with van der Waals surface area (Å²) >= 11 is 0. The average Bonchev–Trinajstić information content (AvgIpc) is 2.42. The van der Waals surface area contributed by atoms with Crippen molar-refractivity contribution in [1.29, 1.82) is 0 Å². The van der Waals surface area contributed by atoms with Crippen molar-refractivity contribution < 1.29 is 0 Å². The molecule has 0 atom stereocenters. The third kappa shape index (κ3) is 3.00. The Bertz CT molecular complexity index is 482. The van der Waals surface area contributed by atoms with Crippen molar-refractivity contribution in [1.82, 2.24) is 4.98 Å². The number of nitrogens with two attached hydrogens (primary N) is 1. The minimum atomic E-state index is 0.842. The zero-order valence-electron chi connectivity index (χ0n) is 10.7. The van der Waals surface area contributed by atoms with Crippen LogP contribution in [0.5, 0.6) is 0 Å². The van der Waals surface area contributed by atoms with Crippen molar-refractivity contribution in [2.24, 2.45) is 0 Å². The van der Waals surface area contributed by atoms with E-state index in [9.17, 15) is 0 Å². The summed E-state index contributed by atoms with van der Waals surface area (Å²) in [6.45, 7) is 4.08. The Balaban J connectivity index is 2.04. The molecule has 0 spiro atoms. The standard InChI is InChI=1S/C15H19N3/c1-2-18(15-6-4-3-5-14(15)16)12-9-13-7-10-17-11-8-13/h3-8,10-11H,2,9,12,16H2,1H3. The van der Waals surface area contributed by atoms with Gasteiger partial charge in [-0.15, -0.1) is 0 Å². The number of aromatic nitrogens is 1. The summed E-state index contributed by atoms with van der Waals surface area (Å²) in [4.78, 5) is 6.33. The number of hydrogen-bond acceptors (Lipinski definition) is 3. The minimum Gasteiger partial charge on any atom is -0.397 e. The molecule has 2 N–H and O–H groups in total. The van der Waals surface area contributed by atoms with Gasteiger partial charge in [0.05, 0.1) is 11.4 Å². The molecule has 3 nitrogen and oxygen atoms in total. The third-order valence-corrected chi connectivity index (χ3v) is 3.08. The quantitative estimate of drug-likeness (QED) is 0.818. The molecule has 0 saturated carbocycles. The first-order valence-electron chi connectivity index (χ1n) is 6.29. The molecular formula is C15H19N3. The fraction of sp³-hybridized carbons (Fsp3) is 0.267. The van der Waals surface area contributed by atoms with Crippen molar-refractivity contribution in [3.63, 3.8) is 0 Å². The second-order valence-electron chi connectivity index (χ2n) is 4.24. The second kappa shape index (κ2) is 6.05. The van der Waals surface area contributed by atoms with E-state index in [4.69, 9.17) is 5.73 Å². The van der Waals surface area contributed by atoms with Crippen LogP contribution in [0, 0.1) is 0 Å². The zero-order valence-corrected chi connectivity index (χ0v) is 10.7. The number of nitrogens with zero attached hydrogens (tertiary/aromatic N) is 2. The molecule has 0 bridgehead atoms. The van der Waals surface area contributed by atoms with Gasteiger partial charge in [-0.3, -0.25) is 4.98 Å². The van der Waals surface area contributed by atoms with Crippen molar-refractivity contribution in [3.8, 4) is 0 Å². The van der Waals surface area contributed by atoms with E-state index in [1.165, 1.54) is 5.56 Å². The van der Waals surface area contributed by atoms with E-state index in [2.05, 4.69) is 35.0 Å². The monoisotopic (exact) mass is 241 g/mol. The average molecular weight is 241 g/mol.